The van der Waals surface area contributed by atoms with Crippen LogP contribution in [0.4, 0.5) is 0 Å². The number of aryl methyl sites for hydroxylation is 1. The number of furan rings is 1. The number of H-pyrrole nitrogens is 1. The fourth-order valence-corrected chi connectivity index (χ4v) is 2.84. The standard InChI is InChI=1S/C21H27N3O3/c1-4-5-10-26-18-9-7-16(11-20(18)25-3)12-22-13-17-14-23-24-21(17)19-8-6-15(2)27-19/h6-9,11,14,22H,4-5,10,12-13H2,1-3H3,(H,23,24). The van der Waals surface area contributed by atoms with E-state index in [-0.39, 0.29) is 0 Å². The van der Waals surface area contributed by atoms with Gasteiger partial charge in [-0.3, -0.25) is 5.10 Å². The first kappa shape index (κ1) is 19.0. The van der Waals surface area contributed by atoms with Gasteiger partial charge in [-0.15, -0.1) is 0 Å². The summed E-state index contributed by atoms with van der Waals surface area (Å²) in [5, 5.41) is 10.6. The van der Waals surface area contributed by atoms with E-state index in [2.05, 4.69) is 28.5 Å². The number of ether oxygens (including phenoxy) is 2. The average Bonchev–Trinajstić information content (AvgIpc) is 3.31. The molecular weight excluding hydrogens is 342 g/mol. The number of aromatic amines is 1. The molecule has 0 atom stereocenters. The summed E-state index contributed by atoms with van der Waals surface area (Å²) in [7, 11) is 1.67. The van der Waals surface area contributed by atoms with Gasteiger partial charge in [-0.05, 0) is 43.2 Å². The molecule has 0 aliphatic heterocycles. The molecular formula is C21H27N3O3. The Morgan fingerprint density at radius 2 is 2.04 bits per heavy atom. The van der Waals surface area contributed by atoms with Crippen molar-refractivity contribution in [1.29, 1.82) is 0 Å². The van der Waals surface area contributed by atoms with Crippen molar-refractivity contribution in [3.8, 4) is 23.0 Å². The SMILES string of the molecule is CCCCOc1ccc(CNCc2cn[nH]c2-c2ccc(C)o2)cc1OC. The molecule has 0 saturated heterocycles. The normalized spacial score (nSPS) is 10.9. The van der Waals surface area contributed by atoms with Crippen molar-refractivity contribution in [3.63, 3.8) is 0 Å². The molecule has 6 nitrogen and oxygen atoms in total. The van der Waals surface area contributed by atoms with Crippen LogP contribution in [0, 0.1) is 6.92 Å². The predicted molar refractivity (Wildman–Crippen MR) is 105 cm³/mol. The highest BCUT2D eigenvalue weighted by molar-refractivity contribution is 5.56. The second kappa shape index (κ2) is 9.28. The number of methoxy groups -OCH3 is 1. The summed E-state index contributed by atoms with van der Waals surface area (Å²) in [6.45, 7) is 6.19. The van der Waals surface area contributed by atoms with E-state index < -0.39 is 0 Å². The van der Waals surface area contributed by atoms with Crippen LogP contribution in [0.5, 0.6) is 11.5 Å². The lowest BCUT2D eigenvalue weighted by atomic mass is 10.1. The number of unbranched alkanes of at least 4 members (excludes halogenated alkanes) is 1. The van der Waals surface area contributed by atoms with Crippen LogP contribution in [0.1, 0.15) is 36.7 Å². The highest BCUT2D eigenvalue weighted by Gasteiger charge is 2.11. The molecule has 0 bridgehead atoms. The van der Waals surface area contributed by atoms with E-state index in [1.165, 1.54) is 0 Å². The van der Waals surface area contributed by atoms with Crippen LogP contribution in [0.2, 0.25) is 0 Å². The van der Waals surface area contributed by atoms with Crippen molar-refractivity contribution in [2.45, 2.75) is 39.8 Å². The minimum Gasteiger partial charge on any atom is -0.493 e. The summed E-state index contributed by atoms with van der Waals surface area (Å²) in [5.41, 5.74) is 3.11. The molecule has 0 spiro atoms. The van der Waals surface area contributed by atoms with Crippen LogP contribution >= 0.6 is 0 Å². The Balaban J connectivity index is 1.59. The number of aromatic nitrogens is 2. The van der Waals surface area contributed by atoms with E-state index >= 15 is 0 Å². The third-order valence-electron chi connectivity index (χ3n) is 4.33. The van der Waals surface area contributed by atoms with E-state index in [1.807, 2.05) is 37.4 Å². The summed E-state index contributed by atoms with van der Waals surface area (Å²) in [5.74, 6) is 3.24. The van der Waals surface area contributed by atoms with Gasteiger partial charge >= 0.3 is 0 Å². The van der Waals surface area contributed by atoms with Gasteiger partial charge in [0.15, 0.2) is 17.3 Å². The van der Waals surface area contributed by atoms with Crippen LogP contribution in [-0.4, -0.2) is 23.9 Å². The van der Waals surface area contributed by atoms with Crippen molar-refractivity contribution in [2.75, 3.05) is 13.7 Å². The number of nitrogens with one attached hydrogen (secondary N) is 2. The zero-order valence-corrected chi connectivity index (χ0v) is 16.2. The molecule has 2 N–H and O–H groups in total. The minimum atomic E-state index is 0.683. The number of nitrogens with zero attached hydrogens (tertiary/aromatic N) is 1. The molecule has 0 saturated carbocycles. The number of benzene rings is 1. The largest absolute Gasteiger partial charge is 0.493 e. The van der Waals surface area contributed by atoms with E-state index in [1.54, 1.807) is 7.11 Å². The molecule has 0 unspecified atom stereocenters. The predicted octanol–water partition coefficient (Wildman–Crippen LogP) is 4.46. The molecule has 0 amide bonds. The van der Waals surface area contributed by atoms with E-state index in [0.717, 1.165) is 52.7 Å². The Labute approximate surface area is 159 Å². The van der Waals surface area contributed by atoms with Crippen molar-refractivity contribution in [1.82, 2.24) is 15.5 Å². The van der Waals surface area contributed by atoms with Gasteiger partial charge in [0, 0.05) is 18.7 Å². The molecule has 0 aliphatic carbocycles. The quantitative estimate of drug-likeness (QED) is 0.516. The summed E-state index contributed by atoms with van der Waals surface area (Å²) in [6.07, 6.45) is 3.97. The smallest absolute Gasteiger partial charge is 0.161 e. The molecule has 1 aromatic carbocycles. The molecule has 3 rings (SSSR count). The van der Waals surface area contributed by atoms with Crippen molar-refractivity contribution in [3.05, 3.63) is 53.4 Å². The molecule has 0 radical (unpaired) electrons. The van der Waals surface area contributed by atoms with Gasteiger partial charge in [-0.25, -0.2) is 0 Å². The van der Waals surface area contributed by atoms with Crippen molar-refractivity contribution >= 4 is 0 Å². The lowest BCUT2D eigenvalue weighted by Crippen LogP contribution is -2.13. The maximum Gasteiger partial charge on any atom is 0.161 e. The lowest BCUT2D eigenvalue weighted by molar-refractivity contribution is 0.288. The van der Waals surface area contributed by atoms with Gasteiger partial charge in [0.05, 0.1) is 19.9 Å². The van der Waals surface area contributed by atoms with Crippen LogP contribution < -0.4 is 14.8 Å². The topological polar surface area (TPSA) is 72.3 Å². The first-order valence-electron chi connectivity index (χ1n) is 9.30. The van der Waals surface area contributed by atoms with Gasteiger partial charge in [0.2, 0.25) is 0 Å². The molecule has 0 fully saturated rings. The Bertz CT molecular complexity index is 854. The van der Waals surface area contributed by atoms with Gasteiger partial charge < -0.3 is 19.2 Å². The van der Waals surface area contributed by atoms with Gasteiger partial charge in [-0.1, -0.05) is 19.4 Å². The zero-order chi connectivity index (χ0) is 19.1. The number of hydrogen-bond donors (Lipinski definition) is 2. The molecule has 3 aromatic rings. The summed E-state index contributed by atoms with van der Waals surface area (Å²) in [4.78, 5) is 0. The maximum absolute atomic E-state index is 5.79. The Hall–Kier alpha value is -2.73. The third-order valence-corrected chi connectivity index (χ3v) is 4.33. The minimum absolute atomic E-state index is 0.683. The summed E-state index contributed by atoms with van der Waals surface area (Å²) in [6, 6.07) is 9.95. The number of rotatable bonds is 10. The molecule has 2 aromatic heterocycles. The van der Waals surface area contributed by atoms with Crippen LogP contribution in [-0.2, 0) is 13.1 Å². The third kappa shape index (κ3) is 4.92. The summed E-state index contributed by atoms with van der Waals surface area (Å²) < 4.78 is 16.9. The maximum atomic E-state index is 5.79. The first-order valence-corrected chi connectivity index (χ1v) is 9.30. The van der Waals surface area contributed by atoms with Gasteiger partial charge in [0.1, 0.15) is 11.5 Å². The van der Waals surface area contributed by atoms with Crippen LogP contribution in [0.15, 0.2) is 40.9 Å². The summed E-state index contributed by atoms with van der Waals surface area (Å²) >= 11 is 0. The van der Waals surface area contributed by atoms with E-state index in [4.69, 9.17) is 13.9 Å². The molecule has 144 valence electrons. The van der Waals surface area contributed by atoms with Gasteiger partial charge in [0.25, 0.3) is 0 Å². The average molecular weight is 369 g/mol. The molecule has 6 heteroatoms. The van der Waals surface area contributed by atoms with E-state index in [9.17, 15) is 0 Å². The molecule has 27 heavy (non-hydrogen) atoms. The van der Waals surface area contributed by atoms with Crippen LogP contribution in [0.3, 0.4) is 0 Å². The second-order valence-corrected chi connectivity index (χ2v) is 6.47. The molecule has 0 aliphatic rings. The second-order valence-electron chi connectivity index (χ2n) is 6.47. The Morgan fingerprint density at radius 3 is 2.78 bits per heavy atom. The first-order chi connectivity index (χ1) is 13.2. The molecule has 2 heterocycles. The van der Waals surface area contributed by atoms with Crippen molar-refractivity contribution in [2.24, 2.45) is 0 Å². The van der Waals surface area contributed by atoms with Crippen LogP contribution in [0.25, 0.3) is 11.5 Å². The van der Waals surface area contributed by atoms with E-state index in [0.29, 0.717) is 19.7 Å². The zero-order valence-electron chi connectivity index (χ0n) is 16.2. The highest BCUT2D eigenvalue weighted by Crippen LogP contribution is 2.28. The fourth-order valence-electron chi connectivity index (χ4n) is 2.84. The van der Waals surface area contributed by atoms with Gasteiger partial charge in [-0.2, -0.15) is 5.10 Å². The Kier molecular flexibility index (Phi) is 6.54. The number of hydrogen-bond acceptors (Lipinski definition) is 5. The monoisotopic (exact) mass is 369 g/mol. The highest BCUT2D eigenvalue weighted by atomic mass is 16.5. The fraction of sp³-hybridized carbons (Fsp3) is 0.381. The Morgan fingerprint density at radius 1 is 1.15 bits per heavy atom. The van der Waals surface area contributed by atoms with Crippen molar-refractivity contribution < 1.29 is 13.9 Å². The lowest BCUT2D eigenvalue weighted by Gasteiger charge is -2.12.